The Morgan fingerprint density at radius 3 is 2.33 bits per heavy atom. The van der Waals surface area contributed by atoms with E-state index in [2.05, 4.69) is 25.2 Å². The highest BCUT2D eigenvalue weighted by Crippen LogP contribution is 2.38. The minimum atomic E-state index is -4.47. The fourth-order valence-corrected chi connectivity index (χ4v) is 6.69. The van der Waals surface area contributed by atoms with Gasteiger partial charge in [-0.15, -0.1) is 0 Å². The molecule has 1 aliphatic heterocycles. The number of halogens is 3. The van der Waals surface area contributed by atoms with Gasteiger partial charge in [0.05, 0.1) is 5.56 Å². The molecule has 2 fully saturated rings. The van der Waals surface area contributed by atoms with Crippen LogP contribution in [0.25, 0.3) is 11.0 Å². The smallest absolute Gasteiger partial charge is 0.309 e. The summed E-state index contributed by atoms with van der Waals surface area (Å²) in [6, 6.07) is 11.0. The summed E-state index contributed by atoms with van der Waals surface area (Å²) in [5.74, 6) is 0.133. The molecule has 9 nitrogen and oxygen atoms in total. The van der Waals surface area contributed by atoms with Crippen molar-refractivity contribution in [3.63, 3.8) is 0 Å². The van der Waals surface area contributed by atoms with Crippen molar-refractivity contribution in [2.45, 2.75) is 64.3 Å². The van der Waals surface area contributed by atoms with E-state index in [0.29, 0.717) is 36.2 Å². The summed E-state index contributed by atoms with van der Waals surface area (Å²) in [5, 5.41) is 3.60. The predicted octanol–water partition coefficient (Wildman–Crippen LogP) is 5.98. The van der Waals surface area contributed by atoms with Crippen molar-refractivity contribution < 1.29 is 18.0 Å². The Kier molecular flexibility index (Phi) is 8.69. The third kappa shape index (κ3) is 6.48. The maximum Gasteiger partial charge on any atom is 0.408 e. The molecular formula is C33H36F3N7O2. The summed E-state index contributed by atoms with van der Waals surface area (Å²) in [7, 11) is 0. The van der Waals surface area contributed by atoms with E-state index in [1.807, 2.05) is 30.3 Å². The fraction of sp³-hybridized carbons (Fsp3) is 0.424. The third-order valence-electron chi connectivity index (χ3n) is 8.92. The number of carbonyl (C=O) groups is 1. The number of nitrogens with one attached hydrogen (secondary N) is 1. The largest absolute Gasteiger partial charge is 0.408 e. The molecule has 45 heavy (non-hydrogen) atoms. The second-order valence-electron chi connectivity index (χ2n) is 11.9. The van der Waals surface area contributed by atoms with Gasteiger partial charge >= 0.3 is 6.18 Å². The number of hydrogen-bond acceptors (Lipinski definition) is 8. The molecule has 1 saturated heterocycles. The van der Waals surface area contributed by atoms with Gasteiger partial charge in [-0.2, -0.15) is 18.2 Å². The number of benzene rings is 1. The first kappa shape index (κ1) is 30.8. The second kappa shape index (κ2) is 12.7. The summed E-state index contributed by atoms with van der Waals surface area (Å²) >= 11 is 0. The quantitative estimate of drug-likeness (QED) is 0.241. The molecular weight excluding hydrogens is 583 g/mol. The van der Waals surface area contributed by atoms with Crippen LogP contribution in [-0.4, -0.2) is 67.5 Å². The van der Waals surface area contributed by atoms with Crippen molar-refractivity contribution in [2.24, 2.45) is 0 Å². The number of alkyl halides is 3. The lowest BCUT2D eigenvalue weighted by Crippen LogP contribution is -2.50. The van der Waals surface area contributed by atoms with E-state index in [4.69, 9.17) is 0 Å². The number of piperazine rings is 1. The van der Waals surface area contributed by atoms with Gasteiger partial charge in [0.1, 0.15) is 17.5 Å². The summed E-state index contributed by atoms with van der Waals surface area (Å²) in [4.78, 5) is 42.8. The first-order chi connectivity index (χ1) is 21.6. The average Bonchev–Trinajstić information content (AvgIpc) is 3.53. The van der Waals surface area contributed by atoms with Gasteiger partial charge in [0.25, 0.3) is 5.56 Å². The predicted molar refractivity (Wildman–Crippen MR) is 166 cm³/mol. The molecule has 1 aromatic carbocycles. The topological polar surface area (TPSA) is 96.2 Å². The van der Waals surface area contributed by atoms with Gasteiger partial charge in [-0.25, -0.2) is 9.97 Å². The zero-order valence-corrected chi connectivity index (χ0v) is 25.3. The van der Waals surface area contributed by atoms with Crippen molar-refractivity contribution in [3.8, 4) is 0 Å². The molecule has 0 radical (unpaired) electrons. The maximum atomic E-state index is 14.4. The highest BCUT2D eigenvalue weighted by molar-refractivity contribution is 5.99. The molecule has 1 unspecified atom stereocenters. The molecule has 1 atom stereocenters. The molecule has 0 amide bonds. The highest BCUT2D eigenvalue weighted by Gasteiger charge is 2.45. The molecule has 2 aliphatic rings. The standard InChI is InChI=1S/C33H36F3N7O2/c1-21-26-19-38-32(40-30(26)43(25-10-6-7-11-25)31(45)28(21)22(2)44)39-27-13-12-24(18-37-27)29(33(34,35)36)42-16-14-41(15-17-42)20-23-8-4-3-5-9-23/h3-5,8-9,12-13,18-19,25,29H,6-7,10-11,14-17,20H2,1-2H3,(H,37,38,39,40). The Morgan fingerprint density at radius 2 is 1.71 bits per heavy atom. The van der Waals surface area contributed by atoms with Gasteiger partial charge in [-0.1, -0.05) is 49.2 Å². The van der Waals surface area contributed by atoms with Gasteiger partial charge in [0.2, 0.25) is 5.95 Å². The summed E-state index contributed by atoms with van der Waals surface area (Å²) in [6.45, 7) is 5.45. The van der Waals surface area contributed by atoms with Gasteiger partial charge in [0.15, 0.2) is 5.78 Å². The van der Waals surface area contributed by atoms with E-state index >= 15 is 0 Å². The van der Waals surface area contributed by atoms with Crippen LogP contribution in [0.15, 0.2) is 59.7 Å². The van der Waals surface area contributed by atoms with Crippen molar-refractivity contribution in [3.05, 3.63) is 87.5 Å². The molecule has 4 aromatic rings. The number of nitrogens with zero attached hydrogens (tertiary/aromatic N) is 6. The van der Waals surface area contributed by atoms with E-state index in [1.54, 1.807) is 17.7 Å². The van der Waals surface area contributed by atoms with Crippen LogP contribution in [-0.2, 0) is 6.54 Å². The van der Waals surface area contributed by atoms with E-state index in [0.717, 1.165) is 31.2 Å². The van der Waals surface area contributed by atoms with Gasteiger partial charge in [0, 0.05) is 56.5 Å². The molecule has 1 aliphatic carbocycles. The molecule has 236 valence electrons. The van der Waals surface area contributed by atoms with Crippen molar-refractivity contribution >= 4 is 28.6 Å². The van der Waals surface area contributed by atoms with E-state index in [9.17, 15) is 22.8 Å². The Bertz CT molecular complexity index is 1730. The van der Waals surface area contributed by atoms with E-state index in [1.165, 1.54) is 30.2 Å². The van der Waals surface area contributed by atoms with Crippen LogP contribution in [0.5, 0.6) is 0 Å². The monoisotopic (exact) mass is 619 g/mol. The lowest BCUT2D eigenvalue weighted by molar-refractivity contribution is -0.190. The van der Waals surface area contributed by atoms with Crippen LogP contribution >= 0.6 is 0 Å². The Hall–Kier alpha value is -4.16. The Labute approximate surface area is 259 Å². The van der Waals surface area contributed by atoms with Crippen LogP contribution in [0.2, 0.25) is 0 Å². The molecule has 0 bridgehead atoms. The number of pyridine rings is 2. The van der Waals surface area contributed by atoms with Crippen molar-refractivity contribution in [1.29, 1.82) is 0 Å². The SMILES string of the molecule is CC(=O)c1c(C)c2cnc(Nc3ccc(C(N4CCN(Cc5ccccc5)CC4)C(F)(F)F)cn3)nc2n(C2CCCC2)c1=O. The molecule has 0 spiro atoms. The number of hydrogen-bond donors (Lipinski definition) is 1. The molecule has 12 heteroatoms. The number of rotatable bonds is 8. The number of carbonyl (C=O) groups excluding carboxylic acids is 1. The van der Waals surface area contributed by atoms with Crippen LogP contribution in [0, 0.1) is 6.92 Å². The third-order valence-corrected chi connectivity index (χ3v) is 8.92. The number of ketones is 1. The van der Waals surface area contributed by atoms with Crippen LogP contribution in [0.4, 0.5) is 24.9 Å². The lowest BCUT2D eigenvalue weighted by Gasteiger charge is -2.40. The zero-order valence-electron chi connectivity index (χ0n) is 25.3. The number of anilines is 2. The van der Waals surface area contributed by atoms with E-state index in [-0.39, 0.29) is 53.4 Å². The van der Waals surface area contributed by atoms with Gasteiger partial charge in [-0.3, -0.25) is 24.0 Å². The summed E-state index contributed by atoms with van der Waals surface area (Å²) in [6.07, 6.45) is 1.94. The first-order valence-corrected chi connectivity index (χ1v) is 15.3. The second-order valence-corrected chi connectivity index (χ2v) is 11.9. The summed E-state index contributed by atoms with van der Waals surface area (Å²) in [5.41, 5.74) is 1.94. The van der Waals surface area contributed by atoms with Crippen LogP contribution in [0.1, 0.15) is 71.7 Å². The molecule has 3 aromatic heterocycles. The normalized spacial score (nSPS) is 17.5. The zero-order chi connectivity index (χ0) is 31.7. The number of aryl methyl sites for hydroxylation is 1. The Balaban J connectivity index is 1.22. The lowest BCUT2D eigenvalue weighted by atomic mass is 10.0. The number of Topliss-reactive ketones (excluding diaryl/α,β-unsaturated/α-hetero) is 1. The fourth-order valence-electron chi connectivity index (χ4n) is 6.69. The maximum absolute atomic E-state index is 14.4. The highest BCUT2D eigenvalue weighted by atomic mass is 19.4. The molecule has 4 heterocycles. The van der Waals surface area contributed by atoms with Crippen molar-refractivity contribution in [1.82, 2.24) is 29.3 Å². The van der Waals surface area contributed by atoms with Gasteiger partial charge < -0.3 is 5.32 Å². The Morgan fingerprint density at radius 1 is 1.00 bits per heavy atom. The average molecular weight is 620 g/mol. The number of fused-ring (bicyclic) bond motifs is 1. The minimum Gasteiger partial charge on any atom is -0.309 e. The minimum absolute atomic E-state index is 0.0615. The first-order valence-electron chi connectivity index (χ1n) is 15.3. The number of aromatic nitrogens is 4. The molecule has 1 N–H and O–H groups in total. The molecule has 1 saturated carbocycles. The molecule has 6 rings (SSSR count). The summed E-state index contributed by atoms with van der Waals surface area (Å²) < 4.78 is 44.7. The van der Waals surface area contributed by atoms with Crippen molar-refractivity contribution in [2.75, 3.05) is 31.5 Å². The van der Waals surface area contributed by atoms with E-state index < -0.39 is 12.2 Å². The van der Waals surface area contributed by atoms with Gasteiger partial charge in [-0.05, 0) is 49.4 Å². The van der Waals surface area contributed by atoms with Crippen LogP contribution in [0.3, 0.4) is 0 Å². The van der Waals surface area contributed by atoms with Crippen LogP contribution < -0.4 is 10.9 Å².